The highest BCUT2D eigenvalue weighted by atomic mass is 16.3. The largest absolute Gasteiger partial charge is 0.468 e. The van der Waals surface area contributed by atoms with Crippen LogP contribution in [0, 0.1) is 0 Å². The van der Waals surface area contributed by atoms with Gasteiger partial charge in [-0.1, -0.05) is 0 Å². The maximum atomic E-state index is 12.5. The summed E-state index contributed by atoms with van der Waals surface area (Å²) in [6.07, 6.45) is 1.58. The zero-order valence-electron chi connectivity index (χ0n) is 15.6. The third-order valence-corrected chi connectivity index (χ3v) is 4.49. The second-order valence-corrected chi connectivity index (χ2v) is 6.48. The lowest BCUT2D eigenvalue weighted by molar-refractivity contribution is 0.0934. The summed E-state index contributed by atoms with van der Waals surface area (Å²) in [6.45, 7) is 0.314. The summed E-state index contributed by atoms with van der Waals surface area (Å²) < 4.78 is 7.68. The molecule has 0 aliphatic carbocycles. The Balaban J connectivity index is 1.88. The molecule has 142 valence electrons. The molecule has 0 bridgehead atoms. The number of rotatable bonds is 5. The third kappa shape index (κ3) is 3.41. The van der Waals surface area contributed by atoms with Crippen molar-refractivity contribution in [1.29, 1.82) is 0 Å². The number of aryl methyl sites for hydroxylation is 1. The molecule has 0 radical (unpaired) electrons. The summed E-state index contributed by atoms with van der Waals surface area (Å²) >= 11 is 0. The van der Waals surface area contributed by atoms with Gasteiger partial charge < -0.3 is 9.73 Å². The highest BCUT2D eigenvalue weighted by Gasteiger charge is 2.19. The lowest BCUT2D eigenvalue weighted by Crippen LogP contribution is -2.38. The van der Waals surface area contributed by atoms with E-state index in [0.29, 0.717) is 6.54 Å². The van der Waals surface area contributed by atoms with Crippen LogP contribution in [0.5, 0.6) is 0 Å². The van der Waals surface area contributed by atoms with E-state index in [-0.39, 0.29) is 22.8 Å². The number of furan rings is 1. The second-order valence-electron chi connectivity index (χ2n) is 6.48. The van der Waals surface area contributed by atoms with Crippen molar-refractivity contribution in [3.63, 3.8) is 0 Å². The summed E-state index contributed by atoms with van der Waals surface area (Å²) in [5, 5.41) is 3.10. The van der Waals surface area contributed by atoms with Crippen LogP contribution in [0.1, 0.15) is 22.3 Å². The molecule has 1 N–H and O–H groups in total. The van der Waals surface area contributed by atoms with E-state index in [0.717, 1.165) is 10.3 Å². The average Bonchev–Trinajstić information content (AvgIpc) is 3.18. The predicted molar refractivity (Wildman–Crippen MR) is 99.7 cm³/mol. The van der Waals surface area contributed by atoms with Crippen LogP contribution < -0.4 is 16.6 Å². The standard InChI is InChI=1S/C18H21N5O4/c1-21(2)13(14-6-5-9-27-14)10-19-16(24)12-8-7-11-15(20-12)22(3)18(26)23(4)17(11)25/h5-9,13H,10H2,1-4H3,(H,19,24)/t13-/m0/s1. The van der Waals surface area contributed by atoms with Crippen molar-refractivity contribution in [1.82, 2.24) is 24.3 Å². The molecule has 0 aliphatic heterocycles. The highest BCUT2D eigenvalue weighted by Crippen LogP contribution is 2.17. The van der Waals surface area contributed by atoms with Gasteiger partial charge in [0.15, 0.2) is 0 Å². The van der Waals surface area contributed by atoms with Gasteiger partial charge in [0.25, 0.3) is 11.5 Å². The maximum absolute atomic E-state index is 12.5. The number of likely N-dealkylation sites (N-methyl/N-ethyl adjacent to an activating group) is 1. The minimum Gasteiger partial charge on any atom is -0.468 e. The molecule has 27 heavy (non-hydrogen) atoms. The van der Waals surface area contributed by atoms with Gasteiger partial charge in [-0.3, -0.25) is 23.6 Å². The monoisotopic (exact) mass is 371 g/mol. The average molecular weight is 371 g/mol. The summed E-state index contributed by atoms with van der Waals surface area (Å²) in [4.78, 5) is 43.0. The minimum absolute atomic E-state index is 0.128. The topological polar surface area (TPSA) is 102 Å². The van der Waals surface area contributed by atoms with Crippen LogP contribution in [0.3, 0.4) is 0 Å². The van der Waals surface area contributed by atoms with Crippen LogP contribution in [-0.4, -0.2) is 45.6 Å². The van der Waals surface area contributed by atoms with Crippen molar-refractivity contribution in [3.05, 3.63) is 62.8 Å². The smallest absolute Gasteiger partial charge is 0.332 e. The number of carbonyl (C=O) groups excluding carboxylic acids is 1. The van der Waals surface area contributed by atoms with Crippen molar-refractivity contribution in [2.24, 2.45) is 14.1 Å². The highest BCUT2D eigenvalue weighted by molar-refractivity contribution is 5.94. The first kappa shape index (κ1) is 18.6. The molecule has 0 saturated carbocycles. The molecule has 9 nitrogen and oxygen atoms in total. The molecule has 3 aromatic heterocycles. The van der Waals surface area contributed by atoms with E-state index in [1.807, 2.05) is 25.1 Å². The van der Waals surface area contributed by atoms with E-state index in [4.69, 9.17) is 4.42 Å². The van der Waals surface area contributed by atoms with Crippen molar-refractivity contribution in [2.75, 3.05) is 20.6 Å². The maximum Gasteiger partial charge on any atom is 0.332 e. The number of hydrogen-bond donors (Lipinski definition) is 1. The quantitative estimate of drug-likeness (QED) is 0.690. The fraction of sp³-hybridized carbons (Fsp3) is 0.333. The molecule has 9 heteroatoms. The fourth-order valence-corrected chi connectivity index (χ4v) is 2.88. The second kappa shape index (κ2) is 7.20. The van der Waals surface area contributed by atoms with Gasteiger partial charge in [0.05, 0.1) is 17.7 Å². The van der Waals surface area contributed by atoms with Crippen LogP contribution in [0.4, 0.5) is 0 Å². The van der Waals surface area contributed by atoms with Crippen molar-refractivity contribution < 1.29 is 9.21 Å². The zero-order chi connectivity index (χ0) is 19.7. The Labute approximate surface area is 154 Å². The normalized spacial score (nSPS) is 12.5. The molecule has 3 heterocycles. The molecule has 1 atom stereocenters. The number of nitrogens with one attached hydrogen (secondary N) is 1. The van der Waals surface area contributed by atoms with Crippen molar-refractivity contribution in [2.45, 2.75) is 6.04 Å². The van der Waals surface area contributed by atoms with Gasteiger partial charge in [0.1, 0.15) is 17.1 Å². The first-order chi connectivity index (χ1) is 12.8. The molecule has 1 amide bonds. The van der Waals surface area contributed by atoms with Gasteiger partial charge in [-0.15, -0.1) is 0 Å². The van der Waals surface area contributed by atoms with Crippen LogP contribution in [-0.2, 0) is 14.1 Å². The lowest BCUT2D eigenvalue weighted by atomic mass is 10.2. The Morgan fingerprint density at radius 3 is 2.59 bits per heavy atom. The van der Waals surface area contributed by atoms with Gasteiger partial charge in [0.2, 0.25) is 0 Å². The Bertz CT molecular complexity index is 1100. The van der Waals surface area contributed by atoms with Gasteiger partial charge in [-0.25, -0.2) is 9.78 Å². The van der Waals surface area contributed by atoms with Crippen LogP contribution in [0.25, 0.3) is 11.0 Å². The molecule has 0 spiro atoms. The lowest BCUT2D eigenvalue weighted by Gasteiger charge is -2.22. The van der Waals surface area contributed by atoms with Crippen molar-refractivity contribution >= 4 is 16.9 Å². The first-order valence-electron chi connectivity index (χ1n) is 8.36. The molecule has 3 rings (SSSR count). The molecular weight excluding hydrogens is 350 g/mol. The third-order valence-electron chi connectivity index (χ3n) is 4.49. The van der Waals surface area contributed by atoms with E-state index < -0.39 is 17.2 Å². The number of amides is 1. The summed E-state index contributed by atoms with van der Waals surface area (Å²) in [7, 11) is 6.69. The summed E-state index contributed by atoms with van der Waals surface area (Å²) in [6, 6.07) is 6.48. The summed E-state index contributed by atoms with van der Waals surface area (Å²) in [5.74, 6) is 0.334. The Kier molecular flexibility index (Phi) is 4.95. The number of fused-ring (bicyclic) bond motifs is 1. The molecule has 3 aromatic rings. The zero-order valence-corrected chi connectivity index (χ0v) is 15.6. The number of aromatic nitrogens is 3. The molecule has 0 unspecified atom stereocenters. The Morgan fingerprint density at radius 2 is 1.96 bits per heavy atom. The molecule has 0 fully saturated rings. The minimum atomic E-state index is -0.497. The predicted octanol–water partition coefficient (Wildman–Crippen LogP) is 0.258. The molecule has 0 aromatic carbocycles. The number of hydrogen-bond acceptors (Lipinski definition) is 6. The van der Waals surface area contributed by atoms with E-state index >= 15 is 0 Å². The van der Waals surface area contributed by atoms with Crippen LogP contribution in [0.15, 0.2) is 44.5 Å². The Morgan fingerprint density at radius 1 is 1.22 bits per heavy atom. The number of carbonyl (C=O) groups is 1. The van der Waals surface area contributed by atoms with Gasteiger partial charge in [-0.05, 0) is 38.4 Å². The molecule has 0 saturated heterocycles. The number of nitrogens with zero attached hydrogens (tertiary/aromatic N) is 4. The van der Waals surface area contributed by atoms with Gasteiger partial charge in [-0.2, -0.15) is 0 Å². The first-order valence-corrected chi connectivity index (χ1v) is 8.36. The van der Waals surface area contributed by atoms with E-state index in [1.165, 1.54) is 30.8 Å². The van der Waals surface area contributed by atoms with Crippen molar-refractivity contribution in [3.8, 4) is 0 Å². The summed E-state index contributed by atoms with van der Waals surface area (Å²) in [5.41, 5.74) is -0.644. The van der Waals surface area contributed by atoms with E-state index in [2.05, 4.69) is 10.3 Å². The fourth-order valence-electron chi connectivity index (χ4n) is 2.88. The molecule has 0 aliphatic rings. The van der Waals surface area contributed by atoms with Gasteiger partial charge in [0, 0.05) is 20.6 Å². The number of pyridine rings is 1. The van der Waals surface area contributed by atoms with E-state index in [9.17, 15) is 14.4 Å². The van der Waals surface area contributed by atoms with E-state index in [1.54, 1.807) is 12.3 Å². The van der Waals surface area contributed by atoms with Crippen LogP contribution in [0.2, 0.25) is 0 Å². The molecular formula is C18H21N5O4. The van der Waals surface area contributed by atoms with Gasteiger partial charge >= 0.3 is 5.69 Å². The SMILES string of the molecule is CN(C)[C@@H](CNC(=O)c1ccc2c(=O)n(C)c(=O)n(C)c2n1)c1ccco1. The Hall–Kier alpha value is -3.20. The van der Waals surface area contributed by atoms with Crippen LogP contribution >= 0.6 is 0 Å².